The number of benzene rings is 1. The molecule has 0 amide bonds. The van der Waals surface area contributed by atoms with Gasteiger partial charge in [-0.15, -0.1) is 0 Å². The van der Waals surface area contributed by atoms with Gasteiger partial charge < -0.3 is 14.6 Å². The minimum absolute atomic E-state index is 0.102. The summed E-state index contributed by atoms with van der Waals surface area (Å²) in [6.07, 6.45) is -3.93. The number of ether oxygens (including phenoxy) is 2. The third kappa shape index (κ3) is 3.07. The van der Waals surface area contributed by atoms with Crippen LogP contribution >= 0.6 is 0 Å². The zero-order valence-electron chi connectivity index (χ0n) is 15.0. The van der Waals surface area contributed by atoms with Crippen molar-refractivity contribution in [1.29, 1.82) is 0 Å². The van der Waals surface area contributed by atoms with Gasteiger partial charge in [0.2, 0.25) is 0 Å². The number of halogens is 3. The molecule has 3 aromatic rings. The summed E-state index contributed by atoms with van der Waals surface area (Å²) in [6.45, 7) is 1.03. The molecule has 2 heterocycles. The van der Waals surface area contributed by atoms with Gasteiger partial charge >= 0.3 is 12.1 Å². The second-order valence-corrected chi connectivity index (χ2v) is 5.91. The number of nitrogens with zero attached hydrogens (tertiary/aromatic N) is 2. The Balaban J connectivity index is 2.39. The van der Waals surface area contributed by atoms with Crippen molar-refractivity contribution in [1.82, 2.24) is 9.55 Å². The molecule has 3 rings (SSSR count). The smallest absolute Gasteiger partial charge is 0.434 e. The van der Waals surface area contributed by atoms with Gasteiger partial charge in [-0.05, 0) is 43.3 Å². The summed E-state index contributed by atoms with van der Waals surface area (Å²) in [5.41, 5.74) is -4.30. The summed E-state index contributed by atoms with van der Waals surface area (Å²) in [5, 5.41) is 10.9. The van der Waals surface area contributed by atoms with Crippen molar-refractivity contribution in [3.05, 3.63) is 54.4 Å². The molecule has 2 aromatic heterocycles. The molecule has 0 saturated heterocycles. The molecule has 0 aliphatic rings. The summed E-state index contributed by atoms with van der Waals surface area (Å²) >= 11 is 0. The van der Waals surface area contributed by atoms with Gasteiger partial charge in [0.25, 0.3) is 5.60 Å². The number of aliphatic hydroxyl groups is 1. The Bertz CT molecular complexity index is 1000. The van der Waals surface area contributed by atoms with Crippen LogP contribution in [0.4, 0.5) is 13.2 Å². The molecule has 0 saturated carbocycles. The van der Waals surface area contributed by atoms with Crippen molar-refractivity contribution in [3.63, 3.8) is 0 Å². The Morgan fingerprint density at radius 1 is 1.21 bits per heavy atom. The van der Waals surface area contributed by atoms with Gasteiger partial charge in [-0.3, -0.25) is 4.57 Å². The molecular formula is C19H17F3N2O4. The quantitative estimate of drug-likeness (QED) is 0.672. The lowest BCUT2D eigenvalue weighted by atomic mass is 9.98. The van der Waals surface area contributed by atoms with E-state index in [1.807, 2.05) is 0 Å². The summed E-state index contributed by atoms with van der Waals surface area (Å²) in [4.78, 5) is 16.3. The Hall–Kier alpha value is -3.07. The summed E-state index contributed by atoms with van der Waals surface area (Å²) in [6, 6.07) is 10.3. The normalized spacial score (nSPS) is 13.9. The minimum Gasteiger partial charge on any atom is -0.497 e. The molecule has 0 fully saturated rings. The maximum absolute atomic E-state index is 13.9. The van der Waals surface area contributed by atoms with E-state index in [-0.39, 0.29) is 12.4 Å². The molecule has 1 atom stereocenters. The number of rotatable bonds is 5. The van der Waals surface area contributed by atoms with Crippen molar-refractivity contribution in [2.24, 2.45) is 0 Å². The number of methoxy groups -OCH3 is 1. The number of carbonyl (C=O) groups excluding carboxylic acids is 1. The summed E-state index contributed by atoms with van der Waals surface area (Å²) in [7, 11) is 1.42. The molecular weight excluding hydrogens is 377 g/mol. The molecule has 6 nitrogen and oxygen atoms in total. The van der Waals surface area contributed by atoms with Crippen molar-refractivity contribution in [3.8, 4) is 11.6 Å². The summed E-state index contributed by atoms with van der Waals surface area (Å²) < 4.78 is 52.5. The summed E-state index contributed by atoms with van der Waals surface area (Å²) in [5.74, 6) is -1.30. The largest absolute Gasteiger partial charge is 0.497 e. The standard InChI is InChI=1S/C19H17F3N2O4/c1-3-28-17(25)18(26,19(20,21)22)15-11-12-10-13(27-2)7-8-14(12)24(15)16-6-4-5-9-23-16/h4-11,26H,3H2,1-2H3. The minimum atomic E-state index is -5.33. The SMILES string of the molecule is CCOC(=O)C(O)(c1cc2cc(OC)ccc2n1-c1ccccn1)C(F)(F)F. The third-order valence-corrected chi connectivity index (χ3v) is 4.24. The highest BCUT2D eigenvalue weighted by molar-refractivity contribution is 5.89. The van der Waals surface area contributed by atoms with E-state index >= 15 is 0 Å². The number of hydrogen-bond acceptors (Lipinski definition) is 5. The predicted octanol–water partition coefficient (Wildman–Crippen LogP) is 3.35. The second kappa shape index (κ2) is 7.16. The van der Waals surface area contributed by atoms with E-state index in [0.29, 0.717) is 16.7 Å². The van der Waals surface area contributed by atoms with E-state index in [0.717, 1.165) is 10.6 Å². The van der Waals surface area contributed by atoms with E-state index < -0.39 is 23.4 Å². The van der Waals surface area contributed by atoms with Crippen LogP contribution < -0.4 is 4.74 Å². The fourth-order valence-electron chi connectivity index (χ4n) is 2.92. The van der Waals surface area contributed by atoms with Crippen LogP contribution in [-0.2, 0) is 15.1 Å². The van der Waals surface area contributed by atoms with E-state index in [2.05, 4.69) is 9.72 Å². The molecule has 28 heavy (non-hydrogen) atoms. The highest BCUT2D eigenvalue weighted by Gasteiger charge is 2.64. The lowest BCUT2D eigenvalue weighted by molar-refractivity contribution is -0.269. The van der Waals surface area contributed by atoms with Gasteiger partial charge in [0.05, 0.1) is 24.9 Å². The predicted molar refractivity (Wildman–Crippen MR) is 94.2 cm³/mol. The van der Waals surface area contributed by atoms with Gasteiger partial charge in [-0.1, -0.05) is 6.07 Å². The second-order valence-electron chi connectivity index (χ2n) is 5.91. The van der Waals surface area contributed by atoms with Crippen LogP contribution in [0.15, 0.2) is 48.7 Å². The molecule has 9 heteroatoms. The Labute approximate surface area is 158 Å². The average molecular weight is 394 g/mol. The van der Waals surface area contributed by atoms with Crippen LogP contribution in [-0.4, -0.2) is 40.5 Å². The van der Waals surface area contributed by atoms with E-state index in [1.54, 1.807) is 18.2 Å². The van der Waals surface area contributed by atoms with Crippen LogP contribution in [0.25, 0.3) is 16.7 Å². The average Bonchev–Trinajstić information content (AvgIpc) is 3.06. The van der Waals surface area contributed by atoms with Gasteiger partial charge in [-0.25, -0.2) is 9.78 Å². The van der Waals surface area contributed by atoms with E-state index in [9.17, 15) is 23.1 Å². The molecule has 1 aromatic carbocycles. The van der Waals surface area contributed by atoms with Gasteiger partial charge in [0.15, 0.2) is 0 Å². The number of carbonyl (C=O) groups is 1. The van der Waals surface area contributed by atoms with Crippen LogP contribution in [0.5, 0.6) is 5.75 Å². The first-order chi connectivity index (χ1) is 13.2. The fraction of sp³-hybridized carbons (Fsp3) is 0.263. The van der Waals surface area contributed by atoms with Crippen molar-refractivity contribution in [2.45, 2.75) is 18.7 Å². The molecule has 0 bridgehead atoms. The van der Waals surface area contributed by atoms with Crippen LogP contribution in [0.3, 0.4) is 0 Å². The number of fused-ring (bicyclic) bond motifs is 1. The number of aromatic nitrogens is 2. The lowest BCUT2D eigenvalue weighted by Crippen LogP contribution is -2.51. The molecule has 0 aliphatic heterocycles. The molecule has 1 unspecified atom stereocenters. The van der Waals surface area contributed by atoms with Gasteiger partial charge in [-0.2, -0.15) is 13.2 Å². The van der Waals surface area contributed by atoms with Crippen molar-refractivity contribution in [2.75, 3.05) is 13.7 Å². The van der Waals surface area contributed by atoms with Crippen molar-refractivity contribution < 1.29 is 32.5 Å². The maximum Gasteiger partial charge on any atom is 0.434 e. The fourth-order valence-corrected chi connectivity index (χ4v) is 2.92. The van der Waals surface area contributed by atoms with Crippen molar-refractivity contribution >= 4 is 16.9 Å². The zero-order chi connectivity index (χ0) is 20.5. The highest BCUT2D eigenvalue weighted by Crippen LogP contribution is 2.43. The molecule has 0 spiro atoms. The first-order valence-corrected chi connectivity index (χ1v) is 8.31. The third-order valence-electron chi connectivity index (χ3n) is 4.24. The Morgan fingerprint density at radius 2 is 1.96 bits per heavy atom. The van der Waals surface area contributed by atoms with Gasteiger partial charge in [0.1, 0.15) is 11.6 Å². The highest BCUT2D eigenvalue weighted by atomic mass is 19.4. The zero-order valence-corrected chi connectivity index (χ0v) is 15.0. The van der Waals surface area contributed by atoms with Crippen LogP contribution in [0, 0.1) is 0 Å². The molecule has 0 aliphatic carbocycles. The first kappa shape index (κ1) is 19.7. The number of pyridine rings is 1. The molecule has 1 N–H and O–H groups in total. The van der Waals surface area contributed by atoms with Gasteiger partial charge in [0, 0.05) is 11.6 Å². The Morgan fingerprint density at radius 3 is 2.54 bits per heavy atom. The van der Waals surface area contributed by atoms with E-state index in [1.165, 1.54) is 38.4 Å². The Kier molecular flexibility index (Phi) is 5.03. The maximum atomic E-state index is 13.9. The van der Waals surface area contributed by atoms with Crippen LogP contribution in [0.2, 0.25) is 0 Å². The number of alkyl halides is 3. The number of esters is 1. The number of hydrogen-bond donors (Lipinski definition) is 1. The van der Waals surface area contributed by atoms with Crippen LogP contribution in [0.1, 0.15) is 12.6 Å². The monoisotopic (exact) mass is 394 g/mol. The lowest BCUT2D eigenvalue weighted by Gasteiger charge is -2.29. The molecule has 0 radical (unpaired) electrons. The first-order valence-electron chi connectivity index (χ1n) is 8.31. The van der Waals surface area contributed by atoms with E-state index in [4.69, 9.17) is 4.74 Å². The topological polar surface area (TPSA) is 73.6 Å². The molecule has 148 valence electrons.